The van der Waals surface area contributed by atoms with Crippen LogP contribution in [-0.4, -0.2) is 12.6 Å². The molecule has 0 aromatic rings. The number of rotatable bonds is 0. The van der Waals surface area contributed by atoms with Gasteiger partial charge in [-0.2, -0.15) is 0 Å². The van der Waals surface area contributed by atoms with Gasteiger partial charge >= 0.3 is 0 Å². The normalized spacial score (nSPS) is 62.5. The Morgan fingerprint density at radius 2 is 2.33 bits per heavy atom. The molecule has 2 rings (SSSR count). The largest absolute Gasteiger partial charge is 0.313 e. The Balaban J connectivity index is 2.11. The minimum absolute atomic E-state index is 0.949. The highest BCUT2D eigenvalue weighted by Crippen LogP contribution is 2.44. The van der Waals surface area contributed by atoms with Crippen LogP contribution in [0.15, 0.2) is 0 Å². The van der Waals surface area contributed by atoms with Gasteiger partial charge in [0.25, 0.3) is 0 Å². The standard InChI is InChI=1S/C5H9N/c1-3-4-2-6-5(3)4/h3-6H,2H2,1H3. The summed E-state index contributed by atoms with van der Waals surface area (Å²) in [7, 11) is 0. The van der Waals surface area contributed by atoms with Crippen molar-refractivity contribution in [1.82, 2.24) is 5.32 Å². The zero-order valence-corrected chi connectivity index (χ0v) is 3.94. The Hall–Kier alpha value is -0.0400. The highest BCUT2D eigenvalue weighted by atomic mass is 15.1. The van der Waals surface area contributed by atoms with Crippen molar-refractivity contribution in [3.05, 3.63) is 0 Å². The number of nitrogens with one attached hydrogen (secondary N) is 1. The van der Waals surface area contributed by atoms with Gasteiger partial charge in [0, 0.05) is 12.6 Å². The molecule has 2 fully saturated rings. The van der Waals surface area contributed by atoms with Gasteiger partial charge in [-0.25, -0.2) is 0 Å². The van der Waals surface area contributed by atoms with Crippen LogP contribution < -0.4 is 5.32 Å². The van der Waals surface area contributed by atoms with Crippen LogP contribution in [0.2, 0.25) is 0 Å². The first kappa shape index (κ1) is 3.03. The first-order valence-corrected chi connectivity index (χ1v) is 2.63. The molecular formula is C5H9N. The van der Waals surface area contributed by atoms with Gasteiger partial charge < -0.3 is 5.32 Å². The van der Waals surface area contributed by atoms with Gasteiger partial charge in [-0.15, -0.1) is 0 Å². The maximum absolute atomic E-state index is 3.33. The molecule has 1 saturated carbocycles. The van der Waals surface area contributed by atoms with E-state index in [0.717, 1.165) is 17.9 Å². The lowest BCUT2D eigenvalue weighted by atomic mass is 10.3. The molecule has 0 aromatic carbocycles. The second kappa shape index (κ2) is 0.648. The number of hydrogen-bond donors (Lipinski definition) is 1. The molecule has 2 aliphatic rings. The summed E-state index contributed by atoms with van der Waals surface area (Å²) >= 11 is 0. The van der Waals surface area contributed by atoms with Crippen LogP contribution in [-0.2, 0) is 0 Å². The SMILES string of the molecule is CC1C2CNC12. The zero-order valence-electron chi connectivity index (χ0n) is 3.94. The summed E-state index contributed by atoms with van der Waals surface area (Å²) in [4.78, 5) is 0. The van der Waals surface area contributed by atoms with Crippen molar-refractivity contribution in [2.75, 3.05) is 6.54 Å². The van der Waals surface area contributed by atoms with Crippen LogP contribution in [0, 0.1) is 11.8 Å². The Morgan fingerprint density at radius 1 is 1.67 bits per heavy atom. The van der Waals surface area contributed by atoms with E-state index in [2.05, 4.69) is 12.2 Å². The van der Waals surface area contributed by atoms with Crippen molar-refractivity contribution in [1.29, 1.82) is 0 Å². The first-order chi connectivity index (χ1) is 2.89. The second-order valence-corrected chi connectivity index (χ2v) is 2.46. The molecule has 3 unspecified atom stereocenters. The first-order valence-electron chi connectivity index (χ1n) is 2.63. The van der Waals surface area contributed by atoms with Crippen LogP contribution in [0.1, 0.15) is 6.92 Å². The molecule has 1 aliphatic heterocycles. The number of fused-ring (bicyclic) bond motifs is 1. The molecule has 1 saturated heterocycles. The summed E-state index contributed by atoms with van der Waals surface area (Å²) < 4.78 is 0. The minimum atomic E-state index is 0.949. The monoisotopic (exact) mass is 83.1 g/mol. The van der Waals surface area contributed by atoms with Gasteiger partial charge in [-0.3, -0.25) is 0 Å². The molecule has 0 aromatic heterocycles. The van der Waals surface area contributed by atoms with E-state index >= 15 is 0 Å². The van der Waals surface area contributed by atoms with Gasteiger partial charge in [0.05, 0.1) is 0 Å². The fourth-order valence-electron chi connectivity index (χ4n) is 1.31. The predicted octanol–water partition coefficient (Wildman–Crippen LogP) is 0.224. The molecule has 1 nitrogen and oxygen atoms in total. The smallest absolute Gasteiger partial charge is 0.0140 e. The van der Waals surface area contributed by atoms with Crippen LogP contribution >= 0.6 is 0 Å². The molecule has 0 amide bonds. The van der Waals surface area contributed by atoms with Gasteiger partial charge in [0.15, 0.2) is 0 Å². The fraction of sp³-hybridized carbons (Fsp3) is 1.00. The highest BCUT2D eigenvalue weighted by Gasteiger charge is 2.53. The summed E-state index contributed by atoms with van der Waals surface area (Å²) in [5.74, 6) is 2.11. The summed E-state index contributed by atoms with van der Waals surface area (Å²) in [5.41, 5.74) is 0. The summed E-state index contributed by atoms with van der Waals surface area (Å²) in [6.07, 6.45) is 0. The van der Waals surface area contributed by atoms with Crippen molar-refractivity contribution in [2.24, 2.45) is 11.8 Å². The third kappa shape index (κ3) is 0.155. The molecule has 1 aliphatic carbocycles. The summed E-state index contributed by atoms with van der Waals surface area (Å²) in [6, 6.07) is 0.949. The van der Waals surface area contributed by atoms with Crippen molar-refractivity contribution in [3.63, 3.8) is 0 Å². The minimum Gasteiger partial charge on any atom is -0.313 e. The van der Waals surface area contributed by atoms with E-state index in [9.17, 15) is 0 Å². The summed E-state index contributed by atoms with van der Waals surface area (Å²) in [5, 5.41) is 3.33. The van der Waals surface area contributed by atoms with E-state index in [4.69, 9.17) is 0 Å². The van der Waals surface area contributed by atoms with Gasteiger partial charge in [-0.05, 0) is 11.8 Å². The zero-order chi connectivity index (χ0) is 4.15. The molecule has 3 atom stereocenters. The molecular weight excluding hydrogens is 74.1 g/mol. The second-order valence-electron chi connectivity index (χ2n) is 2.46. The molecule has 0 radical (unpaired) electrons. The van der Waals surface area contributed by atoms with E-state index in [1.807, 2.05) is 0 Å². The van der Waals surface area contributed by atoms with Gasteiger partial charge in [-0.1, -0.05) is 6.92 Å². The maximum Gasteiger partial charge on any atom is 0.0140 e. The quantitative estimate of drug-likeness (QED) is 0.442. The molecule has 1 heterocycles. The molecule has 1 N–H and O–H groups in total. The fourth-order valence-corrected chi connectivity index (χ4v) is 1.31. The molecule has 0 bridgehead atoms. The highest BCUT2D eigenvalue weighted by molar-refractivity contribution is 5.09. The van der Waals surface area contributed by atoms with Crippen LogP contribution in [0.5, 0.6) is 0 Å². The van der Waals surface area contributed by atoms with Gasteiger partial charge in [0.2, 0.25) is 0 Å². The van der Waals surface area contributed by atoms with E-state index in [0.29, 0.717) is 0 Å². The van der Waals surface area contributed by atoms with E-state index in [-0.39, 0.29) is 0 Å². The van der Waals surface area contributed by atoms with Gasteiger partial charge in [0.1, 0.15) is 0 Å². The van der Waals surface area contributed by atoms with Crippen molar-refractivity contribution in [3.8, 4) is 0 Å². The van der Waals surface area contributed by atoms with Crippen LogP contribution in [0.25, 0.3) is 0 Å². The molecule has 0 spiro atoms. The average Bonchev–Trinajstić information content (AvgIpc) is 1.63. The lowest BCUT2D eigenvalue weighted by Gasteiger charge is -2.08. The van der Waals surface area contributed by atoms with E-state index < -0.39 is 0 Å². The average molecular weight is 83.1 g/mol. The lowest BCUT2D eigenvalue weighted by molar-refractivity contribution is 0.506. The van der Waals surface area contributed by atoms with Crippen molar-refractivity contribution < 1.29 is 0 Å². The van der Waals surface area contributed by atoms with E-state index in [1.54, 1.807) is 0 Å². The van der Waals surface area contributed by atoms with Crippen LogP contribution in [0.3, 0.4) is 0 Å². The van der Waals surface area contributed by atoms with Crippen molar-refractivity contribution >= 4 is 0 Å². The molecule has 34 valence electrons. The topological polar surface area (TPSA) is 12.0 Å². The van der Waals surface area contributed by atoms with Crippen LogP contribution in [0.4, 0.5) is 0 Å². The Labute approximate surface area is 37.7 Å². The number of hydrogen-bond acceptors (Lipinski definition) is 1. The van der Waals surface area contributed by atoms with Crippen molar-refractivity contribution in [2.45, 2.75) is 13.0 Å². The third-order valence-corrected chi connectivity index (χ3v) is 2.15. The lowest BCUT2D eigenvalue weighted by Crippen LogP contribution is -2.32. The van der Waals surface area contributed by atoms with E-state index in [1.165, 1.54) is 6.54 Å². The predicted molar refractivity (Wildman–Crippen MR) is 24.4 cm³/mol. The molecule has 1 heteroatoms. The third-order valence-electron chi connectivity index (χ3n) is 2.15. The Bertz CT molecular complexity index is 63.3. The Kier molecular flexibility index (Phi) is 0.327. The molecule has 6 heavy (non-hydrogen) atoms. The summed E-state index contributed by atoms with van der Waals surface area (Å²) in [6.45, 7) is 3.61. The Morgan fingerprint density at radius 3 is 2.33 bits per heavy atom. The maximum atomic E-state index is 3.33.